The number of aromatic nitrogens is 1. The number of pyridine rings is 1. The van der Waals surface area contributed by atoms with Gasteiger partial charge in [-0.25, -0.2) is 0 Å². The second-order valence-electron chi connectivity index (χ2n) is 7.46. The Kier molecular flexibility index (Phi) is 4.61. The van der Waals surface area contributed by atoms with Crippen LogP contribution in [0.25, 0.3) is 0 Å². The lowest BCUT2D eigenvalue weighted by molar-refractivity contribution is -0.0755. The van der Waals surface area contributed by atoms with E-state index >= 15 is 0 Å². The number of carbonyl (C=O) groups is 1. The monoisotopic (exact) mass is 368 g/mol. The minimum Gasteiger partial charge on any atom is -0.377 e. The minimum atomic E-state index is -0.481. The van der Waals surface area contributed by atoms with E-state index in [-0.39, 0.29) is 17.6 Å². The molecule has 0 unspecified atom stereocenters. The molecule has 2 aliphatic rings. The Hall–Kier alpha value is -2.44. The first-order chi connectivity index (χ1) is 13.0. The molecular weight excluding hydrogens is 344 g/mol. The lowest BCUT2D eigenvalue weighted by Gasteiger charge is -2.28. The zero-order valence-electron chi connectivity index (χ0n) is 15.6. The predicted octanol–water partition coefficient (Wildman–Crippen LogP) is 1.80. The quantitative estimate of drug-likeness (QED) is 0.829. The van der Waals surface area contributed by atoms with E-state index in [1.807, 2.05) is 18.2 Å². The summed E-state index contributed by atoms with van der Waals surface area (Å²) in [5.41, 5.74) is 1.14. The fourth-order valence-electron chi connectivity index (χ4n) is 4.28. The van der Waals surface area contributed by atoms with Gasteiger partial charge in [-0.3, -0.25) is 9.59 Å². The number of carbonyl (C=O) groups excluding carboxylic acids is 1. The smallest absolute Gasteiger partial charge is 0.255 e. The van der Waals surface area contributed by atoms with Crippen LogP contribution < -0.4 is 5.56 Å². The number of hydrogen-bond donors (Lipinski definition) is 0. The highest BCUT2D eigenvalue weighted by atomic mass is 16.6. The van der Waals surface area contributed by atoms with Crippen molar-refractivity contribution in [3.63, 3.8) is 0 Å². The van der Waals surface area contributed by atoms with Crippen LogP contribution >= 0.6 is 0 Å². The number of likely N-dealkylation sites (tertiary alicyclic amines) is 1. The predicted molar refractivity (Wildman–Crippen MR) is 101 cm³/mol. The molecule has 6 nitrogen and oxygen atoms in total. The summed E-state index contributed by atoms with van der Waals surface area (Å²) in [6, 6.07) is 13.3. The third-order valence-electron chi connectivity index (χ3n) is 5.77. The van der Waals surface area contributed by atoms with Gasteiger partial charge >= 0.3 is 0 Å². The van der Waals surface area contributed by atoms with E-state index in [9.17, 15) is 9.59 Å². The maximum absolute atomic E-state index is 13.0. The molecule has 0 N–H and O–H groups in total. The van der Waals surface area contributed by atoms with E-state index in [4.69, 9.17) is 9.47 Å². The average Bonchev–Trinajstić information content (AvgIpc) is 3.28. The SMILES string of the molecule is CO[C@@H]1CN(C(=O)c2ccc(=O)n(C)c2)C[C@]12C[C@@H](c1ccccc1)CO2. The molecule has 0 aliphatic carbocycles. The van der Waals surface area contributed by atoms with Crippen LogP contribution in [0, 0.1) is 0 Å². The number of methoxy groups -OCH3 is 1. The van der Waals surface area contributed by atoms with Crippen molar-refractivity contribution in [1.29, 1.82) is 0 Å². The minimum absolute atomic E-state index is 0.101. The Morgan fingerprint density at radius 3 is 2.70 bits per heavy atom. The second-order valence-corrected chi connectivity index (χ2v) is 7.46. The standard InChI is InChI=1S/C21H24N2O4/c1-22-11-16(8-9-19(22)24)20(25)23-12-18(26-2)21(14-23)10-17(13-27-21)15-6-4-3-5-7-15/h3-9,11,17-18H,10,12-14H2,1-2H3/t17-,18-,21-/m1/s1. The first-order valence-corrected chi connectivity index (χ1v) is 9.20. The summed E-state index contributed by atoms with van der Waals surface area (Å²) in [6.07, 6.45) is 2.24. The van der Waals surface area contributed by atoms with Crippen molar-refractivity contribution in [2.24, 2.45) is 7.05 Å². The zero-order valence-corrected chi connectivity index (χ0v) is 15.6. The molecule has 1 aromatic heterocycles. The van der Waals surface area contributed by atoms with Crippen molar-refractivity contribution in [1.82, 2.24) is 9.47 Å². The summed E-state index contributed by atoms with van der Waals surface area (Å²) >= 11 is 0. The molecule has 142 valence electrons. The number of benzene rings is 1. The molecule has 3 atom stereocenters. The summed E-state index contributed by atoms with van der Waals surface area (Å²) < 4.78 is 13.4. The zero-order chi connectivity index (χ0) is 19.0. The molecule has 1 spiro atoms. The molecule has 3 heterocycles. The topological polar surface area (TPSA) is 60.8 Å². The summed E-state index contributed by atoms with van der Waals surface area (Å²) in [7, 11) is 3.32. The van der Waals surface area contributed by atoms with Crippen LogP contribution in [0.4, 0.5) is 0 Å². The molecule has 1 aromatic carbocycles. The van der Waals surface area contributed by atoms with Crippen LogP contribution in [0.2, 0.25) is 0 Å². The van der Waals surface area contributed by atoms with Crippen LogP contribution in [0.15, 0.2) is 53.5 Å². The summed E-state index contributed by atoms with van der Waals surface area (Å²) in [5.74, 6) is 0.202. The van der Waals surface area contributed by atoms with Crippen molar-refractivity contribution >= 4 is 5.91 Å². The largest absolute Gasteiger partial charge is 0.377 e. The van der Waals surface area contributed by atoms with Gasteiger partial charge in [0.25, 0.3) is 5.91 Å². The van der Waals surface area contributed by atoms with Crippen LogP contribution in [0.1, 0.15) is 28.3 Å². The van der Waals surface area contributed by atoms with Crippen molar-refractivity contribution in [2.45, 2.75) is 24.0 Å². The first kappa shape index (κ1) is 17.9. The van der Waals surface area contributed by atoms with Crippen molar-refractivity contribution in [2.75, 3.05) is 26.8 Å². The van der Waals surface area contributed by atoms with Gasteiger partial charge in [-0.2, -0.15) is 0 Å². The number of rotatable bonds is 3. The van der Waals surface area contributed by atoms with Gasteiger partial charge < -0.3 is 18.9 Å². The second kappa shape index (κ2) is 6.94. The Labute approximate surface area is 158 Å². The molecule has 1 amide bonds. The normalized spacial score (nSPS) is 27.4. The highest BCUT2D eigenvalue weighted by molar-refractivity contribution is 5.94. The van der Waals surface area contributed by atoms with Gasteiger partial charge in [-0.15, -0.1) is 0 Å². The highest BCUT2D eigenvalue weighted by Crippen LogP contribution is 2.43. The lowest BCUT2D eigenvalue weighted by atomic mass is 9.87. The Morgan fingerprint density at radius 1 is 1.22 bits per heavy atom. The lowest BCUT2D eigenvalue weighted by Crippen LogP contribution is -2.42. The van der Waals surface area contributed by atoms with E-state index in [0.29, 0.717) is 31.2 Å². The van der Waals surface area contributed by atoms with Gasteiger partial charge in [-0.05, 0) is 18.1 Å². The summed E-state index contributed by atoms with van der Waals surface area (Å²) in [5, 5.41) is 0. The molecule has 6 heteroatoms. The third-order valence-corrected chi connectivity index (χ3v) is 5.77. The Bertz CT molecular complexity index is 895. The molecule has 2 aliphatic heterocycles. The molecule has 2 saturated heterocycles. The van der Waals surface area contributed by atoms with Crippen LogP contribution in [-0.4, -0.2) is 53.9 Å². The van der Waals surface area contributed by atoms with Crippen molar-refractivity contribution < 1.29 is 14.3 Å². The van der Waals surface area contributed by atoms with Gasteiger partial charge in [0.2, 0.25) is 5.56 Å². The molecule has 27 heavy (non-hydrogen) atoms. The van der Waals surface area contributed by atoms with Gasteiger partial charge in [0.1, 0.15) is 11.7 Å². The Morgan fingerprint density at radius 2 is 2.00 bits per heavy atom. The van der Waals surface area contributed by atoms with Crippen LogP contribution in [0.3, 0.4) is 0 Å². The highest BCUT2D eigenvalue weighted by Gasteiger charge is 2.54. The third kappa shape index (κ3) is 3.19. The number of nitrogens with zero attached hydrogens (tertiary/aromatic N) is 2. The molecule has 2 aromatic rings. The molecule has 0 bridgehead atoms. The number of amides is 1. The molecule has 4 rings (SSSR count). The fraction of sp³-hybridized carbons (Fsp3) is 0.429. The van der Waals surface area contributed by atoms with Gasteiger partial charge in [0.15, 0.2) is 0 Å². The van der Waals surface area contributed by atoms with Crippen molar-refractivity contribution in [3.8, 4) is 0 Å². The molecule has 2 fully saturated rings. The van der Waals surface area contributed by atoms with Gasteiger partial charge in [-0.1, -0.05) is 30.3 Å². The number of aryl methyl sites for hydroxylation is 1. The Balaban J connectivity index is 1.55. The number of hydrogen-bond acceptors (Lipinski definition) is 4. The first-order valence-electron chi connectivity index (χ1n) is 9.20. The number of ether oxygens (including phenoxy) is 2. The average molecular weight is 368 g/mol. The van der Waals surface area contributed by atoms with Crippen LogP contribution in [-0.2, 0) is 16.5 Å². The molecular formula is C21H24N2O4. The van der Waals surface area contributed by atoms with Crippen molar-refractivity contribution in [3.05, 3.63) is 70.1 Å². The van der Waals surface area contributed by atoms with E-state index in [1.165, 1.54) is 16.2 Å². The summed E-state index contributed by atoms with van der Waals surface area (Å²) in [4.78, 5) is 26.3. The molecule has 0 radical (unpaired) electrons. The van der Waals surface area contributed by atoms with Gasteiger partial charge in [0.05, 0.1) is 25.3 Å². The van der Waals surface area contributed by atoms with E-state index < -0.39 is 5.60 Å². The van der Waals surface area contributed by atoms with E-state index in [1.54, 1.807) is 31.3 Å². The maximum atomic E-state index is 13.0. The molecule has 0 saturated carbocycles. The summed E-state index contributed by atoms with van der Waals surface area (Å²) in [6.45, 7) is 1.61. The van der Waals surface area contributed by atoms with Gasteiger partial charge in [0, 0.05) is 32.3 Å². The maximum Gasteiger partial charge on any atom is 0.255 e. The van der Waals surface area contributed by atoms with Crippen LogP contribution in [0.5, 0.6) is 0 Å². The fourth-order valence-corrected chi connectivity index (χ4v) is 4.28. The van der Waals surface area contributed by atoms with E-state index in [2.05, 4.69) is 12.1 Å². The van der Waals surface area contributed by atoms with E-state index in [0.717, 1.165) is 6.42 Å².